The summed E-state index contributed by atoms with van der Waals surface area (Å²) in [6, 6.07) is 2.58. The van der Waals surface area contributed by atoms with Gasteiger partial charge in [-0.15, -0.1) is 13.2 Å². The molecule has 0 spiro atoms. The molecule has 1 atom stereocenters. The van der Waals surface area contributed by atoms with E-state index in [1.54, 1.807) is 0 Å². The van der Waals surface area contributed by atoms with Gasteiger partial charge in [0.1, 0.15) is 7.59 Å². The molecule has 0 saturated carbocycles. The Morgan fingerprint density at radius 1 is 1.50 bits per heavy atom. The smallest absolute Gasteiger partial charge is 0.174 e. The maximum absolute atomic E-state index is 5.88. The zero-order chi connectivity index (χ0) is 9.03. The van der Waals surface area contributed by atoms with Crippen LogP contribution in [0.2, 0.25) is 12.1 Å². The summed E-state index contributed by atoms with van der Waals surface area (Å²) in [5.41, 5.74) is 4.39. The molecule has 3 heteroatoms. The average Bonchev–Trinajstić information content (AvgIpc) is 2.17. The van der Waals surface area contributed by atoms with Crippen LogP contribution in [0.4, 0.5) is 0 Å². The largest absolute Gasteiger partial charge is 0.423 e. The topological polar surface area (TPSA) is 9.23 Å². The lowest BCUT2D eigenvalue weighted by Gasteiger charge is -2.36. The van der Waals surface area contributed by atoms with Crippen molar-refractivity contribution in [1.82, 2.24) is 0 Å². The Morgan fingerprint density at radius 2 is 2.17 bits per heavy atom. The molecule has 1 heterocycles. The third-order valence-corrected chi connectivity index (χ3v) is 15.7. The minimum Gasteiger partial charge on any atom is -0.423 e. The van der Waals surface area contributed by atoms with E-state index in [1.165, 1.54) is 18.5 Å². The van der Waals surface area contributed by atoms with Crippen LogP contribution in [0.3, 0.4) is 0 Å². The van der Waals surface area contributed by atoms with Crippen molar-refractivity contribution < 1.29 is 4.43 Å². The van der Waals surface area contributed by atoms with Crippen molar-refractivity contribution in [1.29, 1.82) is 0 Å². The fourth-order valence-electron chi connectivity index (χ4n) is 1.97. The van der Waals surface area contributed by atoms with Gasteiger partial charge in [0, 0.05) is 6.61 Å². The molecule has 0 N–H and O–H groups in total. The Labute approximate surface area is 77.7 Å². The van der Waals surface area contributed by atoms with Crippen LogP contribution in [0.1, 0.15) is 13.3 Å². The van der Waals surface area contributed by atoms with Crippen LogP contribution in [-0.4, -0.2) is 22.8 Å². The standard InChI is InChI=1S/C9H18OSi2/c1-4-11-10-8-7-9-12(11,5-2)6-3/h5-6,11H,2-4,7-9H2,1H3. The summed E-state index contributed by atoms with van der Waals surface area (Å²) < 4.78 is 5.88. The minimum absolute atomic E-state index is 0.953. The lowest BCUT2D eigenvalue weighted by Crippen LogP contribution is -2.52. The maximum atomic E-state index is 5.88. The van der Waals surface area contributed by atoms with Gasteiger partial charge < -0.3 is 4.43 Å². The molecule has 0 radical (unpaired) electrons. The molecule has 0 aromatic rings. The summed E-state index contributed by atoms with van der Waals surface area (Å²) in [6.45, 7) is 11.2. The third-order valence-electron chi connectivity index (χ3n) is 2.80. The van der Waals surface area contributed by atoms with Gasteiger partial charge in [0.25, 0.3) is 0 Å². The van der Waals surface area contributed by atoms with Crippen molar-refractivity contribution in [3.63, 3.8) is 0 Å². The van der Waals surface area contributed by atoms with Crippen molar-refractivity contribution >= 4 is 16.1 Å². The first kappa shape index (κ1) is 9.96. The monoisotopic (exact) mass is 198 g/mol. The Balaban J connectivity index is 2.79. The summed E-state index contributed by atoms with van der Waals surface area (Å²) in [4.78, 5) is 0. The van der Waals surface area contributed by atoms with E-state index >= 15 is 0 Å². The zero-order valence-electron chi connectivity index (χ0n) is 7.88. The molecule has 0 aliphatic carbocycles. The van der Waals surface area contributed by atoms with Gasteiger partial charge in [0.15, 0.2) is 8.56 Å². The van der Waals surface area contributed by atoms with E-state index in [2.05, 4.69) is 31.5 Å². The minimum atomic E-state index is -1.32. The van der Waals surface area contributed by atoms with Gasteiger partial charge >= 0.3 is 0 Å². The normalized spacial score (nSPS) is 27.9. The molecule has 0 amide bonds. The average molecular weight is 198 g/mol. The van der Waals surface area contributed by atoms with E-state index in [9.17, 15) is 0 Å². The van der Waals surface area contributed by atoms with Crippen LogP contribution in [0.25, 0.3) is 0 Å². The van der Waals surface area contributed by atoms with E-state index < -0.39 is 16.1 Å². The van der Waals surface area contributed by atoms with Crippen LogP contribution >= 0.6 is 0 Å². The van der Waals surface area contributed by atoms with Gasteiger partial charge in [-0.25, -0.2) is 0 Å². The zero-order valence-corrected chi connectivity index (χ0v) is 10.0. The Bertz CT molecular complexity index is 171. The Hall–Kier alpha value is -0.126. The van der Waals surface area contributed by atoms with E-state index in [0.717, 1.165) is 6.61 Å². The highest BCUT2D eigenvalue weighted by atomic mass is 29.2. The van der Waals surface area contributed by atoms with Crippen LogP contribution in [-0.2, 0) is 4.43 Å². The van der Waals surface area contributed by atoms with E-state index in [4.69, 9.17) is 4.43 Å². The van der Waals surface area contributed by atoms with Gasteiger partial charge in [-0.05, 0) is 18.5 Å². The summed E-state index contributed by atoms with van der Waals surface area (Å²) in [7, 11) is -2.27. The number of rotatable bonds is 3. The van der Waals surface area contributed by atoms with Crippen molar-refractivity contribution in [2.45, 2.75) is 25.4 Å². The van der Waals surface area contributed by atoms with Crippen LogP contribution in [0.5, 0.6) is 0 Å². The molecule has 68 valence electrons. The molecule has 12 heavy (non-hydrogen) atoms. The van der Waals surface area contributed by atoms with Gasteiger partial charge in [-0.1, -0.05) is 18.3 Å². The highest BCUT2D eigenvalue weighted by Crippen LogP contribution is 2.25. The lowest BCUT2D eigenvalue weighted by atomic mass is 10.5. The maximum Gasteiger partial charge on any atom is 0.174 e. The summed E-state index contributed by atoms with van der Waals surface area (Å²) >= 11 is 0. The summed E-state index contributed by atoms with van der Waals surface area (Å²) in [5, 5.41) is 0. The van der Waals surface area contributed by atoms with Gasteiger partial charge in [-0.3, -0.25) is 0 Å². The van der Waals surface area contributed by atoms with Gasteiger partial charge in [-0.2, -0.15) is 0 Å². The first-order valence-electron chi connectivity index (χ1n) is 4.68. The van der Waals surface area contributed by atoms with Crippen LogP contribution in [0.15, 0.2) is 24.6 Å². The highest BCUT2D eigenvalue weighted by Gasteiger charge is 2.39. The van der Waals surface area contributed by atoms with Crippen molar-refractivity contribution in [3.8, 4) is 0 Å². The quantitative estimate of drug-likeness (QED) is 0.631. The molecular formula is C9H18OSi2. The summed E-state index contributed by atoms with van der Waals surface area (Å²) in [6.07, 6.45) is 1.22. The highest BCUT2D eigenvalue weighted by molar-refractivity contribution is 7.35. The van der Waals surface area contributed by atoms with E-state index in [0.29, 0.717) is 0 Å². The van der Waals surface area contributed by atoms with Crippen molar-refractivity contribution in [3.05, 3.63) is 24.6 Å². The Kier molecular flexibility index (Phi) is 3.49. The predicted octanol–water partition coefficient (Wildman–Crippen LogP) is 2.13. The molecular weight excluding hydrogens is 180 g/mol. The molecule has 1 unspecified atom stereocenters. The van der Waals surface area contributed by atoms with Crippen LogP contribution in [0, 0.1) is 0 Å². The van der Waals surface area contributed by atoms with Crippen molar-refractivity contribution in [2.75, 3.05) is 6.61 Å². The second-order valence-electron chi connectivity index (χ2n) is 3.39. The molecule has 0 aromatic carbocycles. The predicted molar refractivity (Wildman–Crippen MR) is 59.2 cm³/mol. The Morgan fingerprint density at radius 3 is 2.58 bits per heavy atom. The molecule has 1 aliphatic rings. The molecule has 0 bridgehead atoms. The van der Waals surface area contributed by atoms with E-state index in [1.807, 2.05) is 0 Å². The fraction of sp³-hybridized carbons (Fsp3) is 0.556. The molecule has 1 nitrogen and oxygen atoms in total. The SMILES string of the molecule is C=C[Si]1(C=C)CCCO[SiH]1CC. The summed E-state index contributed by atoms with van der Waals surface area (Å²) in [5.74, 6) is 0. The van der Waals surface area contributed by atoms with Crippen molar-refractivity contribution in [2.24, 2.45) is 0 Å². The van der Waals surface area contributed by atoms with Crippen LogP contribution < -0.4 is 0 Å². The molecule has 1 fully saturated rings. The molecule has 1 rings (SSSR count). The molecule has 0 aromatic heterocycles. The first-order chi connectivity index (χ1) is 5.79. The van der Waals surface area contributed by atoms with Gasteiger partial charge in [0.05, 0.1) is 0 Å². The third kappa shape index (κ3) is 1.62. The fourth-order valence-corrected chi connectivity index (χ4v) is 12.6. The number of hydrogen-bond donors (Lipinski definition) is 0. The first-order valence-corrected chi connectivity index (χ1v) is 10.1. The lowest BCUT2D eigenvalue weighted by molar-refractivity contribution is 0.319. The van der Waals surface area contributed by atoms with Gasteiger partial charge in [0.2, 0.25) is 0 Å². The molecule has 1 saturated heterocycles. The second kappa shape index (κ2) is 4.21. The number of hydrogen-bond acceptors (Lipinski definition) is 1. The second-order valence-corrected chi connectivity index (χ2v) is 14.2. The molecule has 1 aliphatic heterocycles. The van der Waals surface area contributed by atoms with E-state index in [-0.39, 0.29) is 0 Å².